The van der Waals surface area contributed by atoms with E-state index < -0.39 is 17.2 Å². The zero-order valence-corrected chi connectivity index (χ0v) is 11.4. The second kappa shape index (κ2) is 5.47. The van der Waals surface area contributed by atoms with Crippen LogP contribution in [-0.4, -0.2) is 39.0 Å². The molecule has 3 amide bonds. The van der Waals surface area contributed by atoms with Crippen molar-refractivity contribution in [2.45, 2.75) is 36.2 Å². The number of amides is 3. The molecule has 1 aromatic heterocycles. The van der Waals surface area contributed by atoms with Crippen LogP contribution >= 0.6 is 11.8 Å². The summed E-state index contributed by atoms with van der Waals surface area (Å²) in [5.41, 5.74) is -0.260. The minimum absolute atomic E-state index is 0.183. The Bertz CT molecular complexity index is 548. The number of urea groups is 1. The second-order valence-corrected chi connectivity index (χ2v) is 5.55. The van der Waals surface area contributed by atoms with Crippen LogP contribution < -0.4 is 16.3 Å². The summed E-state index contributed by atoms with van der Waals surface area (Å²) >= 11 is 1.15. The Morgan fingerprint density at radius 2 is 2.21 bits per heavy atom. The monoisotopic (exact) mass is 285 g/mol. The van der Waals surface area contributed by atoms with Crippen LogP contribution in [-0.2, 0) is 4.79 Å². The first-order valence-electron chi connectivity index (χ1n) is 5.89. The molecule has 0 spiro atoms. The molecule has 3 N–H and O–H groups in total. The summed E-state index contributed by atoms with van der Waals surface area (Å²) in [6.45, 7) is 1.65. The van der Waals surface area contributed by atoms with E-state index in [1.54, 1.807) is 11.5 Å². The molecule has 8 nitrogen and oxygen atoms in total. The third-order valence-corrected chi connectivity index (χ3v) is 3.77. The molecule has 1 heterocycles. The van der Waals surface area contributed by atoms with Gasteiger partial charge in [-0.3, -0.25) is 14.7 Å². The van der Waals surface area contributed by atoms with Gasteiger partial charge < -0.3 is 5.32 Å². The largest absolute Gasteiger partial charge is 0.344 e. The number of H-pyrrole nitrogens is 1. The normalized spacial score (nSPS) is 15.9. The van der Waals surface area contributed by atoms with Crippen LogP contribution in [0, 0.1) is 0 Å². The average Bonchev–Trinajstić information content (AvgIpc) is 3.14. The predicted octanol–water partition coefficient (Wildman–Crippen LogP) is -0.158. The lowest BCUT2D eigenvalue weighted by molar-refractivity contribution is -0.119. The lowest BCUT2D eigenvalue weighted by Gasteiger charge is -2.10. The maximum atomic E-state index is 11.7. The number of aromatic nitrogens is 3. The third-order valence-electron chi connectivity index (χ3n) is 2.70. The molecule has 1 saturated carbocycles. The number of nitrogens with one attached hydrogen (secondary N) is 3. The summed E-state index contributed by atoms with van der Waals surface area (Å²) in [5.74, 6) is -0.429. The molecule has 1 aliphatic carbocycles. The molecule has 1 unspecified atom stereocenters. The summed E-state index contributed by atoms with van der Waals surface area (Å²) in [7, 11) is 1.43. The molecule has 1 aromatic rings. The minimum Gasteiger partial charge on any atom is -0.341 e. The van der Waals surface area contributed by atoms with Crippen LogP contribution in [0.4, 0.5) is 4.79 Å². The number of imide groups is 1. The molecule has 1 atom stereocenters. The highest BCUT2D eigenvalue weighted by atomic mass is 32.2. The average molecular weight is 285 g/mol. The first-order chi connectivity index (χ1) is 9.02. The number of nitrogens with zero attached hydrogens (tertiary/aromatic N) is 2. The quantitative estimate of drug-likeness (QED) is 0.666. The molecular formula is C10H15N5O3S. The van der Waals surface area contributed by atoms with Gasteiger partial charge in [-0.2, -0.15) is 0 Å². The van der Waals surface area contributed by atoms with Gasteiger partial charge in [0, 0.05) is 13.1 Å². The first-order valence-corrected chi connectivity index (χ1v) is 6.77. The lowest BCUT2D eigenvalue weighted by atomic mass is 10.4. The van der Waals surface area contributed by atoms with E-state index in [2.05, 4.69) is 20.8 Å². The molecular weight excluding hydrogens is 270 g/mol. The number of carbonyl (C=O) groups is 2. The molecule has 0 aliphatic heterocycles. The number of thioether (sulfide) groups is 1. The number of hydrogen-bond donors (Lipinski definition) is 3. The minimum atomic E-state index is -0.556. The molecule has 9 heteroatoms. The Kier molecular flexibility index (Phi) is 3.93. The van der Waals surface area contributed by atoms with E-state index in [1.165, 1.54) is 7.05 Å². The molecule has 0 radical (unpaired) electrons. The van der Waals surface area contributed by atoms with Gasteiger partial charge in [0.05, 0.1) is 5.25 Å². The Morgan fingerprint density at radius 1 is 1.53 bits per heavy atom. The highest BCUT2D eigenvalue weighted by Crippen LogP contribution is 2.36. The van der Waals surface area contributed by atoms with Gasteiger partial charge in [0.1, 0.15) is 0 Å². The van der Waals surface area contributed by atoms with Crippen molar-refractivity contribution in [1.82, 2.24) is 25.4 Å². The Hall–Kier alpha value is -1.77. The Morgan fingerprint density at radius 3 is 2.79 bits per heavy atom. The van der Waals surface area contributed by atoms with Crippen molar-refractivity contribution in [2.24, 2.45) is 0 Å². The van der Waals surface area contributed by atoms with Crippen molar-refractivity contribution < 1.29 is 9.59 Å². The van der Waals surface area contributed by atoms with Crippen molar-refractivity contribution in [1.29, 1.82) is 0 Å². The molecule has 104 valence electrons. The van der Waals surface area contributed by atoms with Crippen molar-refractivity contribution in [3.05, 3.63) is 10.5 Å². The number of hydrogen-bond acceptors (Lipinski definition) is 5. The number of carbonyl (C=O) groups excluding carboxylic acids is 2. The van der Waals surface area contributed by atoms with Crippen LogP contribution in [0.5, 0.6) is 0 Å². The highest BCUT2D eigenvalue weighted by molar-refractivity contribution is 8.00. The van der Waals surface area contributed by atoms with Gasteiger partial charge in [0.2, 0.25) is 5.91 Å². The summed E-state index contributed by atoms with van der Waals surface area (Å²) in [4.78, 5) is 34.3. The Balaban J connectivity index is 2.02. The SMILES string of the molecule is CNC(=O)NC(=O)C(C)Sc1n[nH]c(=O)n1C1CC1. The van der Waals surface area contributed by atoms with Crippen LogP contribution in [0.1, 0.15) is 25.8 Å². The van der Waals surface area contributed by atoms with E-state index >= 15 is 0 Å². The topological polar surface area (TPSA) is 109 Å². The lowest BCUT2D eigenvalue weighted by Crippen LogP contribution is -2.41. The summed E-state index contributed by atoms with van der Waals surface area (Å²) < 4.78 is 1.56. The zero-order valence-electron chi connectivity index (χ0n) is 10.6. The van der Waals surface area contributed by atoms with E-state index in [9.17, 15) is 14.4 Å². The van der Waals surface area contributed by atoms with Gasteiger partial charge in [-0.25, -0.2) is 14.7 Å². The fourth-order valence-electron chi connectivity index (χ4n) is 1.52. The van der Waals surface area contributed by atoms with Gasteiger partial charge in [-0.15, -0.1) is 5.10 Å². The van der Waals surface area contributed by atoms with Crippen molar-refractivity contribution >= 4 is 23.7 Å². The van der Waals surface area contributed by atoms with E-state index in [0.29, 0.717) is 5.16 Å². The molecule has 1 aliphatic rings. The second-order valence-electron chi connectivity index (χ2n) is 4.24. The summed E-state index contributed by atoms with van der Waals surface area (Å²) in [6.07, 6.45) is 1.90. The van der Waals surface area contributed by atoms with Crippen LogP contribution in [0.25, 0.3) is 0 Å². The number of rotatable bonds is 4. The van der Waals surface area contributed by atoms with Crippen molar-refractivity contribution in [2.75, 3.05) is 7.05 Å². The van der Waals surface area contributed by atoms with E-state index in [-0.39, 0.29) is 11.7 Å². The van der Waals surface area contributed by atoms with Gasteiger partial charge in [-0.1, -0.05) is 11.8 Å². The van der Waals surface area contributed by atoms with Gasteiger partial charge in [-0.05, 0) is 19.8 Å². The third kappa shape index (κ3) is 3.16. The smallest absolute Gasteiger partial charge is 0.341 e. The maximum Gasteiger partial charge on any atom is 0.344 e. The summed E-state index contributed by atoms with van der Waals surface area (Å²) in [6, 6.07) is -0.373. The molecule has 0 aromatic carbocycles. The van der Waals surface area contributed by atoms with Crippen LogP contribution in [0.15, 0.2) is 9.95 Å². The fourth-order valence-corrected chi connectivity index (χ4v) is 2.44. The molecule has 19 heavy (non-hydrogen) atoms. The fraction of sp³-hybridized carbons (Fsp3) is 0.600. The zero-order chi connectivity index (χ0) is 14.0. The van der Waals surface area contributed by atoms with Gasteiger partial charge >= 0.3 is 11.7 Å². The van der Waals surface area contributed by atoms with E-state index in [1.807, 2.05) is 0 Å². The maximum absolute atomic E-state index is 11.7. The summed E-state index contributed by atoms with van der Waals surface area (Å²) in [5, 5.41) is 10.7. The van der Waals surface area contributed by atoms with Crippen LogP contribution in [0.3, 0.4) is 0 Å². The number of aromatic amines is 1. The standard InChI is InChI=1S/C10H15N5O3S/c1-5(7(16)12-8(17)11-2)19-10-14-13-9(18)15(10)6-3-4-6/h5-6H,3-4H2,1-2H3,(H,13,18)(H2,11,12,16,17). The van der Waals surface area contributed by atoms with E-state index in [0.717, 1.165) is 24.6 Å². The Labute approximate surface area is 113 Å². The van der Waals surface area contributed by atoms with E-state index in [4.69, 9.17) is 0 Å². The van der Waals surface area contributed by atoms with Crippen LogP contribution in [0.2, 0.25) is 0 Å². The molecule has 0 saturated heterocycles. The predicted molar refractivity (Wildman–Crippen MR) is 69.0 cm³/mol. The highest BCUT2D eigenvalue weighted by Gasteiger charge is 2.30. The van der Waals surface area contributed by atoms with Gasteiger partial charge in [0.15, 0.2) is 5.16 Å². The molecule has 0 bridgehead atoms. The van der Waals surface area contributed by atoms with Crippen molar-refractivity contribution in [3.8, 4) is 0 Å². The van der Waals surface area contributed by atoms with Crippen molar-refractivity contribution in [3.63, 3.8) is 0 Å². The van der Waals surface area contributed by atoms with Gasteiger partial charge in [0.25, 0.3) is 0 Å². The first kappa shape index (κ1) is 13.7. The molecule has 2 rings (SSSR count). The molecule has 1 fully saturated rings.